The molecular formula is C3H11Cl3HfO. The first-order chi connectivity index (χ1) is 1.91. The zero-order valence-corrected chi connectivity index (χ0v) is 10.6. The van der Waals surface area contributed by atoms with Crippen molar-refractivity contribution in [3.63, 3.8) is 0 Å². The normalized spacial score (nSPS) is 3.75. The molecule has 0 aromatic carbocycles. The fourth-order valence-electron chi connectivity index (χ4n) is 0. The van der Waals surface area contributed by atoms with Crippen LogP contribution in [0, 0.1) is 0 Å². The monoisotopic (exact) mass is 348 g/mol. The maximum absolute atomic E-state index is 7.88. The topological polar surface area (TPSA) is 20.2 Å². The van der Waals surface area contributed by atoms with Gasteiger partial charge in [0.1, 0.15) is 0 Å². The molecular weight excluding hydrogens is 337 g/mol. The zero-order chi connectivity index (χ0) is 3.41. The Bertz CT molecular complexity index is 16.5. The fraction of sp³-hybridized carbons (Fsp3) is 1.00. The van der Waals surface area contributed by atoms with E-state index in [1.54, 1.807) is 0 Å². The Morgan fingerprint density at radius 3 is 1.25 bits per heavy atom. The van der Waals surface area contributed by atoms with Crippen LogP contribution in [0.3, 0.4) is 0 Å². The summed E-state index contributed by atoms with van der Waals surface area (Å²) in [6.07, 6.45) is 0.875. The third-order valence-electron chi connectivity index (χ3n) is 0.224. The first-order valence-electron chi connectivity index (χ1n) is 1.52. The molecule has 0 spiro atoms. The predicted octanol–water partition coefficient (Wildman–Crippen LogP) is 1.65. The Morgan fingerprint density at radius 2 is 1.25 bits per heavy atom. The van der Waals surface area contributed by atoms with Crippen molar-refractivity contribution < 1.29 is 30.9 Å². The quantitative estimate of drug-likeness (QED) is 0.715. The molecule has 0 aromatic heterocycles. The van der Waals surface area contributed by atoms with E-state index in [1.165, 1.54) is 0 Å². The molecule has 0 atom stereocenters. The number of rotatable bonds is 1. The Labute approximate surface area is 87.6 Å². The van der Waals surface area contributed by atoms with E-state index < -0.39 is 0 Å². The maximum atomic E-state index is 7.88. The molecule has 5 heteroatoms. The van der Waals surface area contributed by atoms with Crippen molar-refractivity contribution in [1.29, 1.82) is 0 Å². The average Bonchev–Trinajstić information content (AvgIpc) is 1.37. The second-order valence-corrected chi connectivity index (χ2v) is 0.724. The molecule has 0 aliphatic heterocycles. The average molecular weight is 348 g/mol. The molecule has 0 heterocycles. The maximum Gasteiger partial charge on any atom is 0.0428 e. The molecule has 0 saturated heterocycles. The van der Waals surface area contributed by atoms with Crippen LogP contribution in [0.25, 0.3) is 0 Å². The van der Waals surface area contributed by atoms with E-state index in [-0.39, 0.29) is 63.1 Å². The summed E-state index contributed by atoms with van der Waals surface area (Å²) >= 11 is 0. The van der Waals surface area contributed by atoms with Crippen molar-refractivity contribution >= 4 is 37.2 Å². The smallest absolute Gasteiger partial charge is 0.0428 e. The van der Waals surface area contributed by atoms with Gasteiger partial charge in [-0.3, -0.25) is 0 Å². The first kappa shape index (κ1) is 33.2. The molecule has 0 aliphatic carbocycles. The van der Waals surface area contributed by atoms with Crippen LogP contribution in [0.2, 0.25) is 0 Å². The van der Waals surface area contributed by atoms with Gasteiger partial charge in [-0.1, -0.05) is 6.92 Å². The molecule has 0 radical (unpaired) electrons. The molecule has 0 aromatic rings. The Kier molecular flexibility index (Phi) is 157. The molecule has 0 aliphatic rings. The molecule has 8 heavy (non-hydrogen) atoms. The minimum Gasteiger partial charge on any atom is -0.396 e. The van der Waals surface area contributed by atoms with Crippen molar-refractivity contribution in [3.05, 3.63) is 0 Å². The Morgan fingerprint density at radius 1 is 1.12 bits per heavy atom. The van der Waals surface area contributed by atoms with Gasteiger partial charge in [-0.25, -0.2) is 0 Å². The van der Waals surface area contributed by atoms with Crippen LogP contribution in [0.5, 0.6) is 0 Å². The van der Waals surface area contributed by atoms with Crippen LogP contribution in [-0.4, -0.2) is 11.7 Å². The summed E-state index contributed by atoms with van der Waals surface area (Å²) in [6, 6.07) is 0. The van der Waals surface area contributed by atoms with Crippen LogP contribution in [0.15, 0.2) is 0 Å². The van der Waals surface area contributed by atoms with E-state index in [0.29, 0.717) is 6.61 Å². The van der Waals surface area contributed by atoms with E-state index in [1.807, 2.05) is 6.92 Å². The van der Waals surface area contributed by atoms with Gasteiger partial charge in [0.25, 0.3) is 0 Å². The number of hydrogen-bond donors (Lipinski definition) is 1. The Balaban J connectivity index is -0.00000000750. The minimum absolute atomic E-state index is 0. The van der Waals surface area contributed by atoms with E-state index in [9.17, 15) is 0 Å². The molecule has 0 amide bonds. The van der Waals surface area contributed by atoms with Gasteiger partial charge in [-0.2, -0.15) is 0 Å². The van der Waals surface area contributed by atoms with Crippen molar-refractivity contribution in [1.82, 2.24) is 0 Å². The second kappa shape index (κ2) is 37.7. The molecule has 0 unspecified atom stereocenters. The standard InChI is InChI=1S/C3H8O.3ClH.Hf/c1-2-3-4;;;;/h4H,2-3H2,1H3;3*1H;. The first-order valence-corrected chi connectivity index (χ1v) is 1.52. The van der Waals surface area contributed by atoms with Crippen molar-refractivity contribution in [2.45, 2.75) is 13.3 Å². The van der Waals surface area contributed by atoms with Crippen LogP contribution >= 0.6 is 37.2 Å². The fourth-order valence-corrected chi connectivity index (χ4v) is 0. The molecule has 1 N–H and O–H groups in total. The number of halogens is 3. The number of aliphatic hydroxyl groups excluding tert-OH is 1. The second-order valence-electron chi connectivity index (χ2n) is 0.724. The van der Waals surface area contributed by atoms with Gasteiger partial charge in [0.05, 0.1) is 0 Å². The van der Waals surface area contributed by atoms with Crippen molar-refractivity contribution in [2.75, 3.05) is 6.61 Å². The minimum atomic E-state index is 0. The van der Waals surface area contributed by atoms with E-state index in [2.05, 4.69) is 0 Å². The third-order valence-corrected chi connectivity index (χ3v) is 0.224. The van der Waals surface area contributed by atoms with Gasteiger partial charge in [-0.15, -0.1) is 37.2 Å². The third kappa shape index (κ3) is 47.4. The van der Waals surface area contributed by atoms with Gasteiger partial charge < -0.3 is 5.11 Å². The Hall–Kier alpha value is 1.70. The zero-order valence-electron chi connectivity index (χ0n) is 4.59. The van der Waals surface area contributed by atoms with E-state index >= 15 is 0 Å². The van der Waals surface area contributed by atoms with Gasteiger partial charge in [0.15, 0.2) is 0 Å². The van der Waals surface area contributed by atoms with Crippen LogP contribution in [0.1, 0.15) is 13.3 Å². The van der Waals surface area contributed by atoms with Gasteiger partial charge in [0.2, 0.25) is 0 Å². The SMILES string of the molecule is CCCO.Cl.Cl.Cl.[Hf]. The molecule has 0 saturated carbocycles. The summed E-state index contributed by atoms with van der Waals surface area (Å²) in [5, 5.41) is 7.88. The van der Waals surface area contributed by atoms with Crippen molar-refractivity contribution in [3.8, 4) is 0 Å². The van der Waals surface area contributed by atoms with Gasteiger partial charge >= 0.3 is 0 Å². The van der Waals surface area contributed by atoms with E-state index in [0.717, 1.165) is 6.42 Å². The summed E-state index contributed by atoms with van der Waals surface area (Å²) in [5.74, 6) is 0. The summed E-state index contributed by atoms with van der Waals surface area (Å²) in [4.78, 5) is 0. The molecule has 1 nitrogen and oxygen atoms in total. The molecule has 0 rings (SSSR count). The number of aliphatic hydroxyl groups is 1. The summed E-state index contributed by atoms with van der Waals surface area (Å²) in [7, 11) is 0. The molecule has 54 valence electrons. The molecule has 0 bridgehead atoms. The van der Waals surface area contributed by atoms with Gasteiger partial charge in [-0.05, 0) is 6.42 Å². The largest absolute Gasteiger partial charge is 0.396 e. The van der Waals surface area contributed by atoms with Crippen LogP contribution in [0.4, 0.5) is 0 Å². The van der Waals surface area contributed by atoms with Crippen LogP contribution < -0.4 is 0 Å². The van der Waals surface area contributed by atoms with Crippen LogP contribution in [-0.2, 0) is 25.8 Å². The van der Waals surface area contributed by atoms with Gasteiger partial charge in [0, 0.05) is 32.5 Å². The summed E-state index contributed by atoms with van der Waals surface area (Å²) in [6.45, 7) is 2.25. The predicted molar refractivity (Wildman–Crippen MR) is 39.1 cm³/mol. The van der Waals surface area contributed by atoms with E-state index in [4.69, 9.17) is 5.11 Å². The number of hydrogen-bond acceptors (Lipinski definition) is 1. The summed E-state index contributed by atoms with van der Waals surface area (Å²) in [5.41, 5.74) is 0. The van der Waals surface area contributed by atoms with Crippen molar-refractivity contribution in [2.24, 2.45) is 0 Å². The molecule has 0 fully saturated rings. The summed E-state index contributed by atoms with van der Waals surface area (Å²) < 4.78 is 0.